The molecule has 1 N–H and O–H groups in total. The van der Waals surface area contributed by atoms with Crippen molar-refractivity contribution in [3.8, 4) is 5.75 Å². The maximum atomic E-state index is 9.07. The van der Waals surface area contributed by atoms with E-state index < -0.39 is 0 Å². The molecule has 0 atom stereocenters. The lowest BCUT2D eigenvalue weighted by molar-refractivity contribution is 0.274. The fourth-order valence-electron chi connectivity index (χ4n) is 1.54. The van der Waals surface area contributed by atoms with Gasteiger partial charge in [-0.1, -0.05) is 12.1 Å². The highest BCUT2D eigenvalue weighted by Crippen LogP contribution is 2.14. The number of rotatable bonds is 4. The number of hydrogen-bond donors (Lipinski definition) is 1. The number of hydrogen-bond acceptors (Lipinski definition) is 3. The summed E-state index contributed by atoms with van der Waals surface area (Å²) in [6.45, 7) is 0.674. The molecule has 0 saturated heterocycles. The molecule has 17 heavy (non-hydrogen) atoms. The first-order valence-electron chi connectivity index (χ1n) is 5.18. The Bertz CT molecular complexity index is 494. The molecule has 0 fully saturated rings. The highest BCUT2D eigenvalue weighted by atomic mass is 127. The van der Waals surface area contributed by atoms with Crippen molar-refractivity contribution in [3.05, 3.63) is 45.3 Å². The van der Waals surface area contributed by atoms with E-state index in [9.17, 15) is 0 Å². The second-order valence-corrected chi connectivity index (χ2v) is 4.79. The molecule has 0 aliphatic heterocycles. The Morgan fingerprint density at radius 3 is 2.59 bits per heavy atom. The zero-order chi connectivity index (χ0) is 12.3. The molecule has 5 heteroatoms. The zero-order valence-electron chi connectivity index (χ0n) is 9.43. The van der Waals surface area contributed by atoms with Gasteiger partial charge in [0.05, 0.1) is 23.8 Å². The molecule has 0 aliphatic rings. The van der Waals surface area contributed by atoms with Gasteiger partial charge in [-0.05, 0) is 40.3 Å². The molecular weight excluding hydrogens is 331 g/mol. The summed E-state index contributed by atoms with van der Waals surface area (Å²) in [7, 11) is 1.65. The number of benzene rings is 1. The summed E-state index contributed by atoms with van der Waals surface area (Å²) in [5.74, 6) is 0.847. The fourth-order valence-corrected chi connectivity index (χ4v) is 2.14. The maximum absolute atomic E-state index is 9.07. The van der Waals surface area contributed by atoms with Crippen LogP contribution in [0.4, 0.5) is 0 Å². The van der Waals surface area contributed by atoms with E-state index in [1.807, 2.05) is 35.1 Å². The van der Waals surface area contributed by atoms with Crippen molar-refractivity contribution in [2.75, 3.05) is 7.11 Å². The van der Waals surface area contributed by atoms with Crippen LogP contribution in [0.15, 0.2) is 30.5 Å². The molecule has 0 aliphatic carbocycles. The summed E-state index contributed by atoms with van der Waals surface area (Å²) in [5, 5.41) is 13.4. The normalized spacial score (nSPS) is 10.5. The summed E-state index contributed by atoms with van der Waals surface area (Å²) < 4.78 is 7.92. The van der Waals surface area contributed by atoms with Crippen LogP contribution in [0.25, 0.3) is 0 Å². The molecule has 0 spiro atoms. The van der Waals surface area contributed by atoms with Crippen LogP contribution >= 0.6 is 22.6 Å². The van der Waals surface area contributed by atoms with Crippen LogP contribution in [-0.2, 0) is 13.2 Å². The minimum atomic E-state index is -0.0200. The van der Waals surface area contributed by atoms with Gasteiger partial charge < -0.3 is 9.84 Å². The van der Waals surface area contributed by atoms with Gasteiger partial charge in [0, 0.05) is 6.20 Å². The molecule has 0 saturated carbocycles. The van der Waals surface area contributed by atoms with Gasteiger partial charge in [-0.2, -0.15) is 5.10 Å². The minimum absolute atomic E-state index is 0.0200. The number of halogens is 1. The summed E-state index contributed by atoms with van der Waals surface area (Å²) in [6, 6.07) is 7.87. The molecule has 1 heterocycles. The first-order valence-corrected chi connectivity index (χ1v) is 6.26. The first kappa shape index (κ1) is 12.4. The fraction of sp³-hybridized carbons (Fsp3) is 0.250. The lowest BCUT2D eigenvalue weighted by Crippen LogP contribution is -2.01. The topological polar surface area (TPSA) is 47.3 Å². The van der Waals surface area contributed by atoms with E-state index in [0.29, 0.717) is 6.54 Å². The molecule has 90 valence electrons. The Balaban J connectivity index is 2.13. The van der Waals surface area contributed by atoms with E-state index in [2.05, 4.69) is 27.7 Å². The standard InChI is InChI=1S/C12H13IN2O2/c1-17-10-4-2-9(3-5-10)6-15-7-11(13)12(8-16)14-15/h2-5,7,16H,6,8H2,1H3. The molecular formula is C12H13IN2O2. The second kappa shape index (κ2) is 5.50. The Morgan fingerprint density at radius 1 is 1.35 bits per heavy atom. The summed E-state index contributed by atoms with van der Waals surface area (Å²) in [5.41, 5.74) is 1.87. The SMILES string of the molecule is COc1ccc(Cn2cc(I)c(CO)n2)cc1. The Morgan fingerprint density at radius 2 is 2.06 bits per heavy atom. The average molecular weight is 344 g/mol. The predicted molar refractivity (Wildman–Crippen MR) is 73.0 cm³/mol. The van der Waals surface area contributed by atoms with E-state index in [4.69, 9.17) is 9.84 Å². The molecule has 4 nitrogen and oxygen atoms in total. The predicted octanol–water partition coefficient (Wildman–Crippen LogP) is 2.04. The number of methoxy groups -OCH3 is 1. The summed E-state index contributed by atoms with van der Waals surface area (Å²) in [6.07, 6.45) is 1.93. The smallest absolute Gasteiger partial charge is 0.118 e. The van der Waals surface area contributed by atoms with Crippen molar-refractivity contribution in [2.24, 2.45) is 0 Å². The van der Waals surface area contributed by atoms with Crippen LogP contribution in [0.3, 0.4) is 0 Å². The van der Waals surface area contributed by atoms with E-state index in [1.165, 1.54) is 0 Å². The zero-order valence-corrected chi connectivity index (χ0v) is 11.6. The van der Waals surface area contributed by atoms with Crippen LogP contribution in [0.1, 0.15) is 11.3 Å². The minimum Gasteiger partial charge on any atom is -0.497 e. The molecule has 2 aromatic rings. The van der Waals surface area contributed by atoms with Gasteiger partial charge in [0.1, 0.15) is 11.4 Å². The molecule has 0 unspecified atom stereocenters. The van der Waals surface area contributed by atoms with Gasteiger partial charge in [-0.25, -0.2) is 0 Å². The molecule has 2 rings (SSSR count). The maximum Gasteiger partial charge on any atom is 0.118 e. The second-order valence-electron chi connectivity index (χ2n) is 3.63. The van der Waals surface area contributed by atoms with E-state index in [1.54, 1.807) is 7.11 Å². The lowest BCUT2D eigenvalue weighted by Gasteiger charge is -2.03. The average Bonchev–Trinajstić information content (AvgIpc) is 2.70. The Hall–Kier alpha value is -1.08. The number of aromatic nitrogens is 2. The quantitative estimate of drug-likeness (QED) is 0.864. The van der Waals surface area contributed by atoms with E-state index >= 15 is 0 Å². The highest BCUT2D eigenvalue weighted by Gasteiger charge is 2.05. The monoisotopic (exact) mass is 344 g/mol. The number of nitrogens with zero attached hydrogens (tertiary/aromatic N) is 2. The lowest BCUT2D eigenvalue weighted by atomic mass is 10.2. The van der Waals surface area contributed by atoms with Gasteiger partial charge in [-0.3, -0.25) is 4.68 Å². The van der Waals surface area contributed by atoms with Crippen molar-refractivity contribution < 1.29 is 9.84 Å². The molecule has 1 aromatic heterocycles. The van der Waals surface area contributed by atoms with Crippen LogP contribution in [0.5, 0.6) is 5.75 Å². The van der Waals surface area contributed by atoms with Gasteiger partial charge in [-0.15, -0.1) is 0 Å². The van der Waals surface area contributed by atoms with E-state index in [0.717, 1.165) is 20.6 Å². The number of aliphatic hydroxyl groups excluding tert-OH is 1. The Kier molecular flexibility index (Phi) is 4.01. The molecule has 0 radical (unpaired) electrons. The van der Waals surface area contributed by atoms with Crippen molar-refractivity contribution in [2.45, 2.75) is 13.2 Å². The first-order chi connectivity index (χ1) is 8.22. The van der Waals surface area contributed by atoms with Crippen molar-refractivity contribution in [1.29, 1.82) is 0 Å². The van der Waals surface area contributed by atoms with Gasteiger partial charge in [0.2, 0.25) is 0 Å². The van der Waals surface area contributed by atoms with Crippen LogP contribution in [0, 0.1) is 3.57 Å². The van der Waals surface area contributed by atoms with Crippen molar-refractivity contribution in [3.63, 3.8) is 0 Å². The highest BCUT2D eigenvalue weighted by molar-refractivity contribution is 14.1. The molecule has 0 amide bonds. The largest absolute Gasteiger partial charge is 0.497 e. The van der Waals surface area contributed by atoms with Crippen molar-refractivity contribution in [1.82, 2.24) is 9.78 Å². The van der Waals surface area contributed by atoms with Gasteiger partial charge in [0.15, 0.2) is 0 Å². The third-order valence-electron chi connectivity index (χ3n) is 2.44. The molecule has 0 bridgehead atoms. The summed E-state index contributed by atoms with van der Waals surface area (Å²) in [4.78, 5) is 0. The van der Waals surface area contributed by atoms with Crippen LogP contribution in [0.2, 0.25) is 0 Å². The van der Waals surface area contributed by atoms with Gasteiger partial charge >= 0.3 is 0 Å². The number of aliphatic hydroxyl groups is 1. The van der Waals surface area contributed by atoms with Crippen LogP contribution in [-0.4, -0.2) is 22.0 Å². The van der Waals surface area contributed by atoms with Gasteiger partial charge in [0.25, 0.3) is 0 Å². The van der Waals surface area contributed by atoms with Crippen molar-refractivity contribution >= 4 is 22.6 Å². The van der Waals surface area contributed by atoms with E-state index in [-0.39, 0.29) is 6.61 Å². The Labute approximate surface area is 113 Å². The molecule has 1 aromatic carbocycles. The third kappa shape index (κ3) is 2.98. The van der Waals surface area contributed by atoms with Crippen LogP contribution < -0.4 is 4.74 Å². The number of ether oxygens (including phenoxy) is 1. The summed E-state index contributed by atoms with van der Waals surface area (Å²) >= 11 is 2.17. The third-order valence-corrected chi connectivity index (χ3v) is 3.34.